The zero-order valence-electron chi connectivity index (χ0n) is 50.7. The number of allylic oxidation sites excluding steroid dienone is 6. The van der Waals surface area contributed by atoms with E-state index >= 15 is 0 Å². The Balaban J connectivity index is 0.942. The lowest BCUT2D eigenvalue weighted by Crippen LogP contribution is -2.51. The van der Waals surface area contributed by atoms with Gasteiger partial charge in [-0.3, -0.25) is 24.2 Å². The molecule has 12 nitrogen and oxygen atoms in total. The molecule has 10 N–H and O–H groups in total. The van der Waals surface area contributed by atoms with E-state index < -0.39 is 11.5 Å². The zero-order chi connectivity index (χ0) is 63.3. The largest absolute Gasteiger partial charge is 0.399 e. The SMILES string of the molecule is Nc1cccc(CC(=O)Cc2ccc(C3=C4C=CC(N4)C(c4ccc(CC(=O)Cc5cccc(N)c5)cc4)(c4ccc(CC(=O)Cc5cccc(N)c5)cc4)C4=NC(=C(c5ccc(CC(=O)Cc6cccc(N)c6)cc5)c5ccc([nH]5)C=C5C=CC3=N5)C=C4)cc2)c1. The van der Waals surface area contributed by atoms with E-state index in [1.807, 2.05) is 170 Å². The summed E-state index contributed by atoms with van der Waals surface area (Å²) in [5, 5.41) is 4.07. The number of nitrogens with two attached hydrogens (primary N) is 4. The maximum Gasteiger partial charge on any atom is 0.141 e. The molecule has 452 valence electrons. The average Bonchev–Trinajstić information content (AvgIpc) is 1.43. The quantitative estimate of drug-likeness (QED) is 0.0399. The molecule has 1 aromatic heterocycles. The van der Waals surface area contributed by atoms with Crippen LogP contribution in [0.5, 0.6) is 0 Å². The van der Waals surface area contributed by atoms with Crippen molar-refractivity contribution in [2.24, 2.45) is 9.98 Å². The van der Waals surface area contributed by atoms with Gasteiger partial charge in [-0.1, -0.05) is 152 Å². The van der Waals surface area contributed by atoms with E-state index in [0.29, 0.717) is 28.4 Å². The number of aromatic amines is 1. The third-order valence-electron chi connectivity index (χ3n) is 17.3. The fourth-order valence-corrected chi connectivity index (χ4v) is 13.1. The van der Waals surface area contributed by atoms with Gasteiger partial charge >= 0.3 is 0 Å². The predicted octanol–water partition coefficient (Wildman–Crippen LogP) is 12.8. The lowest BCUT2D eigenvalue weighted by atomic mass is 9.65. The summed E-state index contributed by atoms with van der Waals surface area (Å²) in [6, 6.07) is 66.2. The molecule has 5 heterocycles. The van der Waals surface area contributed by atoms with Gasteiger partial charge in [0.05, 0.1) is 34.3 Å². The van der Waals surface area contributed by atoms with Crippen molar-refractivity contribution in [2.45, 2.75) is 62.8 Å². The molecular formula is C80H68N8O4. The molecule has 0 saturated heterocycles. The van der Waals surface area contributed by atoms with Crippen molar-refractivity contribution in [3.63, 3.8) is 0 Å². The summed E-state index contributed by atoms with van der Waals surface area (Å²) in [6.07, 6.45) is 16.6. The molecule has 0 radical (unpaired) electrons. The monoisotopic (exact) mass is 1200 g/mol. The standard InChI is InChI=1S/C80H68N8O4/c81-62-9-1-5-54(37-62)45-68(89)41-50-13-21-58(22-14-50)78-72-31-29-66(85-72)49-67-30-32-73(86-67)79(59-23-15-51(16-24-59)42-69(90)46-55-6-2-10-63(82)38-55)75-34-36-77(88-75)80(76-35-33-74(78)87-76,60-25-17-52(18-26-60)43-70(91)47-56-7-3-11-64(83)39-56)61-27-19-53(20-28-61)44-71(92)48-57-8-4-12-65(84)40-57/h1-40,49,76,86-87H,41-48,81-84H2. The van der Waals surface area contributed by atoms with Crippen LogP contribution in [0.1, 0.15) is 78.1 Å². The Bertz CT molecular complexity index is 4540. The van der Waals surface area contributed by atoms with Crippen molar-refractivity contribution in [2.75, 3.05) is 22.9 Å². The van der Waals surface area contributed by atoms with Crippen molar-refractivity contribution in [3.8, 4) is 0 Å². The molecule has 8 bridgehead atoms. The topological polar surface area (TPSA) is 225 Å². The fourth-order valence-electron chi connectivity index (χ4n) is 13.1. The van der Waals surface area contributed by atoms with Gasteiger partial charge in [-0.2, -0.15) is 0 Å². The van der Waals surface area contributed by atoms with E-state index in [1.165, 1.54) is 0 Å². The highest BCUT2D eigenvalue weighted by atomic mass is 16.1. The molecule has 1 atom stereocenters. The lowest BCUT2D eigenvalue weighted by molar-refractivity contribution is -0.118. The molecule has 4 aliphatic rings. The number of ketones is 4. The lowest BCUT2D eigenvalue weighted by Gasteiger charge is -2.40. The highest BCUT2D eigenvalue weighted by Gasteiger charge is 2.48. The first-order valence-corrected chi connectivity index (χ1v) is 30.9. The van der Waals surface area contributed by atoms with Crippen molar-refractivity contribution < 1.29 is 19.2 Å². The van der Waals surface area contributed by atoms with Crippen LogP contribution in [-0.2, 0) is 76.0 Å². The van der Waals surface area contributed by atoms with Crippen LogP contribution in [0, 0.1) is 0 Å². The third-order valence-corrected chi connectivity index (χ3v) is 17.3. The summed E-state index contributed by atoms with van der Waals surface area (Å²) in [4.78, 5) is 69.4. The average molecular weight is 1210 g/mol. The van der Waals surface area contributed by atoms with E-state index in [1.54, 1.807) is 0 Å². The fraction of sp³-hybridized carbons (Fsp3) is 0.125. The Morgan fingerprint density at radius 1 is 0.402 bits per heavy atom. The van der Waals surface area contributed by atoms with Crippen molar-refractivity contribution in [1.82, 2.24) is 10.3 Å². The number of nitrogens with zero attached hydrogens (tertiary/aromatic N) is 2. The molecule has 9 aromatic rings. The molecule has 13 rings (SSSR count). The smallest absolute Gasteiger partial charge is 0.141 e. The van der Waals surface area contributed by atoms with Gasteiger partial charge in [-0.15, -0.1) is 0 Å². The number of carbonyl (C=O) groups is 4. The van der Waals surface area contributed by atoms with Gasteiger partial charge in [-0.05, 0) is 164 Å². The van der Waals surface area contributed by atoms with Crippen molar-refractivity contribution in [3.05, 3.63) is 338 Å². The minimum Gasteiger partial charge on any atom is -0.399 e. The first kappa shape index (κ1) is 59.5. The minimum absolute atomic E-state index is 0.0564. The first-order chi connectivity index (χ1) is 44.7. The first-order valence-electron chi connectivity index (χ1n) is 30.9. The Morgan fingerprint density at radius 3 is 1.25 bits per heavy atom. The minimum atomic E-state index is -1.10. The van der Waals surface area contributed by atoms with Crippen LogP contribution in [0.2, 0.25) is 0 Å². The van der Waals surface area contributed by atoms with Gasteiger partial charge in [0, 0.05) is 102 Å². The van der Waals surface area contributed by atoms with Gasteiger partial charge in [0.25, 0.3) is 0 Å². The van der Waals surface area contributed by atoms with Crippen molar-refractivity contribution >= 4 is 74.5 Å². The zero-order valence-corrected chi connectivity index (χ0v) is 50.7. The molecule has 0 fully saturated rings. The van der Waals surface area contributed by atoms with Gasteiger partial charge in [0.15, 0.2) is 0 Å². The van der Waals surface area contributed by atoms with E-state index in [-0.39, 0.29) is 74.5 Å². The molecule has 0 spiro atoms. The predicted molar refractivity (Wildman–Crippen MR) is 371 cm³/mol. The molecule has 12 heteroatoms. The molecule has 8 aromatic carbocycles. The van der Waals surface area contributed by atoms with Gasteiger partial charge < -0.3 is 33.2 Å². The van der Waals surface area contributed by atoms with Gasteiger partial charge in [0.1, 0.15) is 23.1 Å². The summed E-state index contributed by atoms with van der Waals surface area (Å²) in [5.74, 6) is 0.272. The molecule has 92 heavy (non-hydrogen) atoms. The van der Waals surface area contributed by atoms with Crippen LogP contribution >= 0.6 is 0 Å². The second kappa shape index (κ2) is 25.9. The Hall–Kier alpha value is -11.5. The van der Waals surface area contributed by atoms with E-state index in [2.05, 4.69) is 89.2 Å². The summed E-state index contributed by atoms with van der Waals surface area (Å²) in [5.41, 5.74) is 43.4. The molecule has 0 aliphatic carbocycles. The summed E-state index contributed by atoms with van der Waals surface area (Å²) in [7, 11) is 0. The summed E-state index contributed by atoms with van der Waals surface area (Å²) < 4.78 is 0. The van der Waals surface area contributed by atoms with Crippen LogP contribution in [-0.4, -0.2) is 45.6 Å². The Morgan fingerprint density at radius 2 is 0.815 bits per heavy atom. The molecule has 0 amide bonds. The molecule has 0 saturated carbocycles. The normalized spacial score (nSPS) is 15.3. The molecule has 4 aliphatic heterocycles. The number of H-pyrrole nitrogens is 1. The second-order valence-corrected chi connectivity index (χ2v) is 24.2. The van der Waals surface area contributed by atoms with Crippen LogP contribution in [0.4, 0.5) is 22.7 Å². The second-order valence-electron chi connectivity index (χ2n) is 24.2. The number of anilines is 4. The Kier molecular flexibility index (Phi) is 16.7. The van der Waals surface area contributed by atoms with Crippen molar-refractivity contribution in [1.29, 1.82) is 0 Å². The number of fused-ring (bicyclic) bond motifs is 6. The number of nitrogens with one attached hydrogen (secondary N) is 2. The van der Waals surface area contributed by atoms with E-state index in [4.69, 9.17) is 32.9 Å². The number of aliphatic imine (C=N–C) groups is 2. The van der Waals surface area contributed by atoms with Gasteiger partial charge in [-0.25, -0.2) is 4.99 Å². The van der Waals surface area contributed by atoms with Crippen LogP contribution in [0.15, 0.2) is 270 Å². The number of rotatable bonds is 20. The maximum atomic E-state index is 13.8. The van der Waals surface area contributed by atoms with Crippen LogP contribution in [0.25, 0.3) is 17.2 Å². The highest BCUT2D eigenvalue weighted by molar-refractivity contribution is 6.32. The number of hydrogen-bond donors (Lipinski definition) is 6. The number of benzene rings is 8. The Labute approximate surface area is 535 Å². The number of carbonyl (C=O) groups excluding carboxylic acids is 4. The van der Waals surface area contributed by atoms with E-state index in [0.717, 1.165) is 112 Å². The molecular weight excluding hydrogens is 1140 g/mol. The third kappa shape index (κ3) is 13.3. The number of Topliss-reactive ketones (excluding diaryl/α,β-unsaturated/α-hetero) is 4. The van der Waals surface area contributed by atoms with Crippen LogP contribution < -0.4 is 28.3 Å². The van der Waals surface area contributed by atoms with Crippen LogP contribution in [0.3, 0.4) is 0 Å². The number of aromatic nitrogens is 1. The summed E-state index contributed by atoms with van der Waals surface area (Å²) >= 11 is 0. The molecule has 1 unspecified atom stereocenters. The number of nitrogen functional groups attached to an aromatic ring is 4. The summed E-state index contributed by atoms with van der Waals surface area (Å²) in [6.45, 7) is 0. The number of hydrogen-bond acceptors (Lipinski definition) is 11. The van der Waals surface area contributed by atoms with Gasteiger partial charge in [0.2, 0.25) is 0 Å². The highest BCUT2D eigenvalue weighted by Crippen LogP contribution is 2.45. The van der Waals surface area contributed by atoms with E-state index in [9.17, 15) is 19.2 Å². The maximum absolute atomic E-state index is 13.8.